The molecule has 1 fully saturated rings. The summed E-state index contributed by atoms with van der Waals surface area (Å²) in [5, 5.41) is 10.6. The molecule has 0 saturated heterocycles. The lowest BCUT2D eigenvalue weighted by molar-refractivity contribution is -0.176. The standard InChI is InChI=1S/C12H14F3NO6/c1-22-8(18)6(16-9(19)12(13,14)15)5-11(10(20)21)4-2-3-7(11)17/h6H,2-5H2,1H3,(H,16,19)(H,20,21)/t6-,11-/m0/s1. The van der Waals surface area contributed by atoms with E-state index in [-0.39, 0.29) is 19.3 Å². The van der Waals surface area contributed by atoms with E-state index in [0.29, 0.717) is 0 Å². The van der Waals surface area contributed by atoms with Crippen LogP contribution in [0.3, 0.4) is 0 Å². The minimum atomic E-state index is -5.25. The van der Waals surface area contributed by atoms with Gasteiger partial charge in [-0.05, 0) is 12.8 Å². The van der Waals surface area contributed by atoms with Gasteiger partial charge in [0.05, 0.1) is 7.11 Å². The Morgan fingerprint density at radius 3 is 2.36 bits per heavy atom. The maximum absolute atomic E-state index is 12.3. The number of halogens is 3. The lowest BCUT2D eigenvalue weighted by Crippen LogP contribution is -2.51. The largest absolute Gasteiger partial charge is 0.480 e. The molecule has 0 unspecified atom stereocenters. The number of Topliss-reactive ketones (excluding diaryl/α,β-unsaturated/α-hetero) is 1. The van der Waals surface area contributed by atoms with Gasteiger partial charge in [-0.2, -0.15) is 13.2 Å². The first-order chi connectivity index (χ1) is 10.0. The first kappa shape index (κ1) is 17.9. The fourth-order valence-electron chi connectivity index (χ4n) is 2.38. The summed E-state index contributed by atoms with van der Waals surface area (Å²) in [6, 6.07) is -1.88. The van der Waals surface area contributed by atoms with Gasteiger partial charge < -0.3 is 15.2 Å². The zero-order chi connectivity index (χ0) is 17.1. The molecular weight excluding hydrogens is 311 g/mol. The summed E-state index contributed by atoms with van der Waals surface area (Å²) in [6.45, 7) is 0. The quantitative estimate of drug-likeness (QED) is 0.560. The first-order valence-corrected chi connectivity index (χ1v) is 6.27. The number of hydrogen-bond donors (Lipinski definition) is 2. The number of carboxylic acid groups (broad SMARTS) is 1. The predicted octanol–water partition coefficient (Wildman–Crippen LogP) is 0.421. The van der Waals surface area contributed by atoms with E-state index in [4.69, 9.17) is 0 Å². The number of aliphatic carboxylic acids is 1. The molecule has 0 heterocycles. The molecule has 0 spiro atoms. The van der Waals surface area contributed by atoms with Crippen LogP contribution in [0.2, 0.25) is 0 Å². The highest BCUT2D eigenvalue weighted by atomic mass is 19.4. The second-order valence-electron chi connectivity index (χ2n) is 4.92. The van der Waals surface area contributed by atoms with E-state index in [2.05, 4.69) is 4.74 Å². The molecule has 0 aromatic carbocycles. The number of methoxy groups -OCH3 is 1. The maximum Gasteiger partial charge on any atom is 0.471 e. The van der Waals surface area contributed by atoms with Crippen molar-refractivity contribution < 1.29 is 42.2 Å². The molecule has 0 aliphatic heterocycles. The molecule has 2 N–H and O–H groups in total. The highest BCUT2D eigenvalue weighted by Gasteiger charge is 2.52. The number of esters is 1. The highest BCUT2D eigenvalue weighted by molar-refractivity contribution is 6.05. The molecule has 1 amide bonds. The number of carbonyl (C=O) groups is 4. The van der Waals surface area contributed by atoms with Crippen molar-refractivity contribution in [1.82, 2.24) is 5.32 Å². The zero-order valence-corrected chi connectivity index (χ0v) is 11.5. The molecule has 1 saturated carbocycles. The fraction of sp³-hybridized carbons (Fsp3) is 0.667. The summed E-state index contributed by atoms with van der Waals surface area (Å²) in [5.74, 6) is -5.88. The fourth-order valence-corrected chi connectivity index (χ4v) is 2.38. The Morgan fingerprint density at radius 1 is 1.41 bits per heavy atom. The summed E-state index contributed by atoms with van der Waals surface area (Å²) >= 11 is 0. The van der Waals surface area contributed by atoms with Gasteiger partial charge in [-0.25, -0.2) is 4.79 Å². The molecule has 7 nitrogen and oxygen atoms in total. The van der Waals surface area contributed by atoms with Gasteiger partial charge in [-0.15, -0.1) is 0 Å². The molecule has 0 bridgehead atoms. The van der Waals surface area contributed by atoms with E-state index in [0.717, 1.165) is 7.11 Å². The molecule has 1 rings (SSSR count). The van der Waals surface area contributed by atoms with Crippen molar-refractivity contribution in [3.05, 3.63) is 0 Å². The number of nitrogens with one attached hydrogen (secondary N) is 1. The van der Waals surface area contributed by atoms with Crippen molar-refractivity contribution in [1.29, 1.82) is 0 Å². The number of alkyl halides is 3. The van der Waals surface area contributed by atoms with Crippen LogP contribution in [0.15, 0.2) is 0 Å². The Bertz CT molecular complexity index is 504. The SMILES string of the molecule is COC(=O)[C@H](C[C@@]1(C(=O)O)CCCC1=O)NC(=O)C(F)(F)F. The number of ether oxygens (including phenoxy) is 1. The Balaban J connectivity index is 3.03. The van der Waals surface area contributed by atoms with Crippen LogP contribution in [0.4, 0.5) is 13.2 Å². The molecule has 0 aromatic heterocycles. The normalized spacial score (nSPS) is 23.0. The topological polar surface area (TPSA) is 110 Å². The zero-order valence-electron chi connectivity index (χ0n) is 11.5. The number of hydrogen-bond acceptors (Lipinski definition) is 5. The van der Waals surface area contributed by atoms with Crippen LogP contribution in [0, 0.1) is 5.41 Å². The summed E-state index contributed by atoms with van der Waals surface area (Å²) in [7, 11) is 0.874. The van der Waals surface area contributed by atoms with E-state index < -0.39 is 47.7 Å². The summed E-state index contributed by atoms with van der Waals surface area (Å²) < 4.78 is 41.1. The average molecular weight is 325 g/mol. The molecule has 10 heteroatoms. The van der Waals surface area contributed by atoms with E-state index in [9.17, 15) is 37.5 Å². The van der Waals surface area contributed by atoms with Crippen LogP contribution in [0.25, 0.3) is 0 Å². The minimum Gasteiger partial charge on any atom is -0.480 e. The van der Waals surface area contributed by atoms with Gasteiger partial charge in [0.25, 0.3) is 0 Å². The van der Waals surface area contributed by atoms with Gasteiger partial charge >= 0.3 is 24.0 Å². The highest BCUT2D eigenvalue weighted by Crippen LogP contribution is 2.39. The summed E-state index contributed by atoms with van der Waals surface area (Å²) in [5.41, 5.74) is -1.99. The molecule has 1 aliphatic carbocycles. The number of ketones is 1. The number of rotatable bonds is 5. The van der Waals surface area contributed by atoms with E-state index in [1.807, 2.05) is 0 Å². The van der Waals surface area contributed by atoms with Crippen LogP contribution in [-0.2, 0) is 23.9 Å². The van der Waals surface area contributed by atoms with Crippen LogP contribution in [0.1, 0.15) is 25.7 Å². The average Bonchev–Trinajstić information content (AvgIpc) is 2.78. The van der Waals surface area contributed by atoms with E-state index in [1.165, 1.54) is 5.32 Å². The molecule has 1 aliphatic rings. The van der Waals surface area contributed by atoms with Crippen LogP contribution in [0.5, 0.6) is 0 Å². The van der Waals surface area contributed by atoms with Gasteiger partial charge in [0.1, 0.15) is 17.2 Å². The van der Waals surface area contributed by atoms with E-state index >= 15 is 0 Å². The van der Waals surface area contributed by atoms with E-state index in [1.54, 1.807) is 0 Å². The second kappa shape index (κ2) is 6.32. The van der Waals surface area contributed by atoms with Crippen molar-refractivity contribution in [2.75, 3.05) is 7.11 Å². The second-order valence-corrected chi connectivity index (χ2v) is 4.92. The molecule has 124 valence electrons. The third-order valence-corrected chi connectivity index (χ3v) is 3.55. The van der Waals surface area contributed by atoms with Crippen molar-refractivity contribution in [2.45, 2.75) is 37.9 Å². The number of carboxylic acids is 1. The van der Waals surface area contributed by atoms with Crippen LogP contribution < -0.4 is 5.32 Å². The number of amides is 1. The van der Waals surface area contributed by atoms with Crippen LogP contribution >= 0.6 is 0 Å². The Labute approximate surface area is 122 Å². The van der Waals surface area contributed by atoms with Gasteiger partial charge in [-0.3, -0.25) is 14.4 Å². The smallest absolute Gasteiger partial charge is 0.471 e. The molecule has 2 atom stereocenters. The van der Waals surface area contributed by atoms with Gasteiger partial charge in [0, 0.05) is 12.8 Å². The molecular formula is C12H14F3NO6. The Kier molecular flexibility index (Phi) is 5.15. The van der Waals surface area contributed by atoms with Crippen LogP contribution in [-0.4, -0.2) is 48.1 Å². The lowest BCUT2D eigenvalue weighted by Gasteiger charge is -2.27. The third kappa shape index (κ3) is 3.55. The Morgan fingerprint density at radius 2 is 2.00 bits per heavy atom. The lowest BCUT2D eigenvalue weighted by atomic mass is 9.79. The van der Waals surface area contributed by atoms with Gasteiger partial charge in [0.2, 0.25) is 0 Å². The van der Waals surface area contributed by atoms with Gasteiger partial charge in [-0.1, -0.05) is 0 Å². The predicted molar refractivity (Wildman–Crippen MR) is 63.5 cm³/mol. The van der Waals surface area contributed by atoms with Crippen molar-refractivity contribution >= 4 is 23.6 Å². The molecule has 0 radical (unpaired) electrons. The molecule has 22 heavy (non-hydrogen) atoms. The Hall–Kier alpha value is -2.13. The third-order valence-electron chi connectivity index (χ3n) is 3.55. The monoisotopic (exact) mass is 325 g/mol. The summed E-state index contributed by atoms with van der Waals surface area (Å²) in [4.78, 5) is 45.6. The van der Waals surface area contributed by atoms with Crippen molar-refractivity contribution in [3.8, 4) is 0 Å². The van der Waals surface area contributed by atoms with Crippen molar-refractivity contribution in [3.63, 3.8) is 0 Å². The summed E-state index contributed by atoms with van der Waals surface area (Å²) in [6.07, 6.45) is -5.95. The molecule has 0 aromatic rings. The number of carbonyl (C=O) groups excluding carboxylic acids is 3. The van der Waals surface area contributed by atoms with Gasteiger partial charge in [0.15, 0.2) is 0 Å². The maximum atomic E-state index is 12.3. The van der Waals surface area contributed by atoms with Crippen molar-refractivity contribution in [2.24, 2.45) is 5.41 Å². The minimum absolute atomic E-state index is 0.0482. The first-order valence-electron chi connectivity index (χ1n) is 6.27.